The van der Waals surface area contributed by atoms with Gasteiger partial charge in [0.05, 0.1) is 12.3 Å². The third-order valence-corrected chi connectivity index (χ3v) is 4.66. The van der Waals surface area contributed by atoms with Gasteiger partial charge in [-0.2, -0.15) is 0 Å². The first-order valence-corrected chi connectivity index (χ1v) is 9.59. The zero-order valence-corrected chi connectivity index (χ0v) is 15.3. The van der Waals surface area contributed by atoms with E-state index in [0.717, 1.165) is 12.8 Å². The first-order chi connectivity index (χ1) is 11.5. The van der Waals surface area contributed by atoms with Crippen molar-refractivity contribution < 1.29 is 24.2 Å². The van der Waals surface area contributed by atoms with Crippen molar-refractivity contribution >= 4 is 11.9 Å². The minimum atomic E-state index is -1.15. The standard InChI is InChI=1S/C19H34O5/c1-3-4-5-6-7-8-9-10-11-12-13-17(23-15(2)20)16-14-18(21)24-19(16)22/h16-17,19,22H,3-14H2,1-2H3. The van der Waals surface area contributed by atoms with E-state index in [4.69, 9.17) is 9.47 Å². The SMILES string of the molecule is CCCCCCCCCCCCC(OC(C)=O)C1CC(=O)OC1O. The molecule has 0 amide bonds. The van der Waals surface area contributed by atoms with E-state index in [1.807, 2.05) is 0 Å². The van der Waals surface area contributed by atoms with Gasteiger partial charge in [0.25, 0.3) is 0 Å². The molecule has 1 N–H and O–H groups in total. The molecule has 3 unspecified atom stereocenters. The molecule has 1 rings (SSSR count). The molecule has 140 valence electrons. The van der Waals surface area contributed by atoms with E-state index < -0.39 is 24.3 Å². The van der Waals surface area contributed by atoms with Gasteiger partial charge in [-0.3, -0.25) is 9.59 Å². The van der Waals surface area contributed by atoms with Crippen LogP contribution < -0.4 is 0 Å². The van der Waals surface area contributed by atoms with Crippen LogP contribution >= 0.6 is 0 Å². The number of carbonyl (C=O) groups excluding carboxylic acids is 2. The van der Waals surface area contributed by atoms with Crippen LogP contribution in [-0.2, 0) is 19.1 Å². The second kappa shape index (κ2) is 12.3. The molecule has 0 aliphatic carbocycles. The largest absolute Gasteiger partial charge is 0.462 e. The molecule has 1 fully saturated rings. The summed E-state index contributed by atoms with van der Waals surface area (Å²) < 4.78 is 10.1. The Morgan fingerprint density at radius 2 is 1.67 bits per heavy atom. The second-order valence-corrected chi connectivity index (χ2v) is 6.87. The lowest BCUT2D eigenvalue weighted by atomic mass is 9.94. The van der Waals surface area contributed by atoms with Crippen molar-refractivity contribution in [1.29, 1.82) is 0 Å². The molecule has 0 radical (unpaired) electrons. The van der Waals surface area contributed by atoms with Gasteiger partial charge in [0, 0.05) is 6.92 Å². The summed E-state index contributed by atoms with van der Waals surface area (Å²) in [4.78, 5) is 22.5. The summed E-state index contributed by atoms with van der Waals surface area (Å²) in [6.45, 7) is 3.59. The van der Waals surface area contributed by atoms with Gasteiger partial charge in [-0.15, -0.1) is 0 Å². The van der Waals surface area contributed by atoms with Gasteiger partial charge in [-0.05, 0) is 12.8 Å². The summed E-state index contributed by atoms with van der Waals surface area (Å²) in [7, 11) is 0. The van der Waals surface area contributed by atoms with Crippen LogP contribution in [0, 0.1) is 5.92 Å². The third kappa shape index (κ3) is 8.67. The van der Waals surface area contributed by atoms with Crippen LogP contribution in [0.4, 0.5) is 0 Å². The van der Waals surface area contributed by atoms with Crippen LogP contribution in [0.25, 0.3) is 0 Å². The van der Waals surface area contributed by atoms with Crippen LogP contribution in [-0.4, -0.2) is 29.4 Å². The maximum atomic E-state index is 11.3. The molecule has 1 aliphatic heterocycles. The highest BCUT2D eigenvalue weighted by molar-refractivity contribution is 5.72. The summed E-state index contributed by atoms with van der Waals surface area (Å²) in [6, 6.07) is 0. The first-order valence-electron chi connectivity index (χ1n) is 9.59. The fourth-order valence-corrected chi connectivity index (χ4v) is 3.29. The summed E-state index contributed by atoms with van der Waals surface area (Å²) in [5.74, 6) is -1.23. The van der Waals surface area contributed by atoms with Crippen LogP contribution in [0.3, 0.4) is 0 Å². The highest BCUT2D eigenvalue weighted by Gasteiger charge is 2.40. The molecule has 0 bridgehead atoms. The summed E-state index contributed by atoms with van der Waals surface area (Å²) in [5, 5.41) is 9.77. The molecule has 0 saturated carbocycles. The highest BCUT2D eigenvalue weighted by Crippen LogP contribution is 2.29. The predicted molar refractivity (Wildman–Crippen MR) is 92.2 cm³/mol. The Bertz CT molecular complexity index is 369. The smallest absolute Gasteiger partial charge is 0.308 e. The average Bonchev–Trinajstić information content (AvgIpc) is 2.86. The Labute approximate surface area is 146 Å². The molecule has 24 heavy (non-hydrogen) atoms. The van der Waals surface area contributed by atoms with Crippen molar-refractivity contribution in [2.75, 3.05) is 0 Å². The van der Waals surface area contributed by atoms with Crippen molar-refractivity contribution in [3.8, 4) is 0 Å². The van der Waals surface area contributed by atoms with E-state index in [-0.39, 0.29) is 12.4 Å². The average molecular weight is 342 g/mol. The Kier molecular flexibility index (Phi) is 10.7. The number of hydrogen-bond donors (Lipinski definition) is 1. The van der Waals surface area contributed by atoms with E-state index in [1.54, 1.807) is 0 Å². The molecule has 0 aromatic carbocycles. The maximum absolute atomic E-state index is 11.3. The molecular formula is C19H34O5. The first kappa shape index (κ1) is 20.9. The number of aliphatic hydroxyl groups is 1. The van der Waals surface area contributed by atoms with Crippen molar-refractivity contribution in [3.05, 3.63) is 0 Å². The van der Waals surface area contributed by atoms with E-state index in [9.17, 15) is 14.7 Å². The molecule has 0 spiro atoms. The quantitative estimate of drug-likeness (QED) is 0.403. The zero-order valence-electron chi connectivity index (χ0n) is 15.3. The van der Waals surface area contributed by atoms with Gasteiger partial charge in [0.15, 0.2) is 0 Å². The Balaban J connectivity index is 2.14. The second-order valence-electron chi connectivity index (χ2n) is 6.87. The normalized spacial score (nSPS) is 21.5. The fraction of sp³-hybridized carbons (Fsp3) is 0.895. The number of esters is 2. The monoisotopic (exact) mass is 342 g/mol. The van der Waals surface area contributed by atoms with Gasteiger partial charge in [-0.25, -0.2) is 0 Å². The molecule has 1 saturated heterocycles. The van der Waals surface area contributed by atoms with Crippen molar-refractivity contribution in [1.82, 2.24) is 0 Å². The maximum Gasteiger partial charge on any atom is 0.308 e. The lowest BCUT2D eigenvalue weighted by Crippen LogP contribution is -2.32. The number of aliphatic hydroxyl groups excluding tert-OH is 1. The lowest BCUT2D eigenvalue weighted by molar-refractivity contribution is -0.164. The molecular weight excluding hydrogens is 308 g/mol. The van der Waals surface area contributed by atoms with E-state index >= 15 is 0 Å². The summed E-state index contributed by atoms with van der Waals surface area (Å²) >= 11 is 0. The van der Waals surface area contributed by atoms with Gasteiger partial charge in [0.2, 0.25) is 6.29 Å². The van der Waals surface area contributed by atoms with Crippen molar-refractivity contribution in [3.63, 3.8) is 0 Å². The molecule has 0 aromatic heterocycles. The van der Waals surface area contributed by atoms with Crippen LogP contribution in [0.15, 0.2) is 0 Å². The minimum absolute atomic E-state index is 0.122. The number of cyclic esters (lactones) is 1. The molecule has 5 nitrogen and oxygen atoms in total. The Morgan fingerprint density at radius 3 is 2.12 bits per heavy atom. The van der Waals surface area contributed by atoms with Gasteiger partial charge >= 0.3 is 11.9 Å². The fourth-order valence-electron chi connectivity index (χ4n) is 3.29. The summed E-state index contributed by atoms with van der Waals surface area (Å²) in [6.07, 6.45) is 11.6. The van der Waals surface area contributed by atoms with Crippen LogP contribution in [0.1, 0.15) is 90.9 Å². The topological polar surface area (TPSA) is 72.8 Å². The highest BCUT2D eigenvalue weighted by atomic mass is 16.6. The molecule has 3 atom stereocenters. The number of ether oxygens (including phenoxy) is 2. The molecule has 1 heterocycles. The van der Waals surface area contributed by atoms with Crippen LogP contribution in [0.5, 0.6) is 0 Å². The third-order valence-electron chi connectivity index (χ3n) is 4.66. The zero-order chi connectivity index (χ0) is 17.8. The van der Waals surface area contributed by atoms with Crippen molar-refractivity contribution in [2.24, 2.45) is 5.92 Å². The summed E-state index contributed by atoms with van der Waals surface area (Å²) in [5.41, 5.74) is 0. The Hall–Kier alpha value is -1.10. The van der Waals surface area contributed by atoms with E-state index in [1.165, 1.54) is 58.3 Å². The van der Waals surface area contributed by atoms with Gasteiger partial charge < -0.3 is 14.6 Å². The molecule has 0 aromatic rings. The number of unbranched alkanes of at least 4 members (excludes halogenated alkanes) is 9. The van der Waals surface area contributed by atoms with Gasteiger partial charge in [0.1, 0.15) is 6.10 Å². The molecule has 1 aliphatic rings. The predicted octanol–water partition coefficient (Wildman–Crippen LogP) is 4.11. The van der Waals surface area contributed by atoms with Crippen molar-refractivity contribution in [2.45, 2.75) is 103 Å². The van der Waals surface area contributed by atoms with Gasteiger partial charge in [-0.1, -0.05) is 64.7 Å². The number of rotatable bonds is 13. The lowest BCUT2D eigenvalue weighted by Gasteiger charge is -2.23. The molecule has 5 heteroatoms. The minimum Gasteiger partial charge on any atom is -0.462 e. The number of carbonyl (C=O) groups is 2. The van der Waals surface area contributed by atoms with Crippen LogP contribution in [0.2, 0.25) is 0 Å². The Morgan fingerprint density at radius 1 is 1.12 bits per heavy atom. The van der Waals surface area contributed by atoms with E-state index in [2.05, 4.69) is 6.92 Å². The van der Waals surface area contributed by atoms with E-state index in [0.29, 0.717) is 6.42 Å². The number of hydrogen-bond acceptors (Lipinski definition) is 5.